The summed E-state index contributed by atoms with van der Waals surface area (Å²) >= 11 is 1.86. The van der Waals surface area contributed by atoms with Gasteiger partial charge in [-0.1, -0.05) is 12.1 Å². The first-order chi connectivity index (χ1) is 9.86. The van der Waals surface area contributed by atoms with Crippen LogP contribution in [0.5, 0.6) is 0 Å². The largest absolute Gasteiger partial charge is 0.316 e. The Kier molecular flexibility index (Phi) is 5.35. The second-order valence-electron chi connectivity index (χ2n) is 5.86. The smallest absolute Gasteiger partial charge is 0.240 e. The lowest BCUT2D eigenvalue weighted by Gasteiger charge is -2.23. The molecule has 118 valence electrons. The molecule has 1 atom stereocenters. The third kappa shape index (κ3) is 4.22. The zero-order valence-corrected chi connectivity index (χ0v) is 14.5. The van der Waals surface area contributed by atoms with E-state index in [0.29, 0.717) is 18.0 Å². The van der Waals surface area contributed by atoms with Gasteiger partial charge in [0.1, 0.15) is 0 Å². The van der Waals surface area contributed by atoms with Crippen molar-refractivity contribution in [3.8, 4) is 0 Å². The van der Waals surface area contributed by atoms with Gasteiger partial charge in [0.15, 0.2) is 0 Å². The monoisotopic (exact) mass is 328 g/mol. The first-order valence-corrected chi connectivity index (χ1v) is 9.71. The number of nitrogens with one attached hydrogen (secondary N) is 2. The molecule has 0 amide bonds. The van der Waals surface area contributed by atoms with Crippen LogP contribution in [0.3, 0.4) is 0 Å². The summed E-state index contributed by atoms with van der Waals surface area (Å²) in [5.74, 6) is 1.12. The van der Waals surface area contributed by atoms with Gasteiger partial charge in [-0.05, 0) is 56.7 Å². The molecular weight excluding hydrogens is 304 g/mol. The maximum atomic E-state index is 12.6. The van der Waals surface area contributed by atoms with Crippen molar-refractivity contribution in [2.75, 3.05) is 19.3 Å². The van der Waals surface area contributed by atoms with Crippen LogP contribution >= 0.6 is 11.8 Å². The van der Waals surface area contributed by atoms with Crippen LogP contribution in [0.25, 0.3) is 0 Å². The molecule has 6 heteroatoms. The van der Waals surface area contributed by atoms with Gasteiger partial charge in [-0.2, -0.15) is 11.8 Å². The predicted molar refractivity (Wildman–Crippen MR) is 89.2 cm³/mol. The third-order valence-electron chi connectivity index (χ3n) is 3.86. The zero-order valence-electron chi connectivity index (χ0n) is 12.9. The van der Waals surface area contributed by atoms with E-state index in [-0.39, 0.29) is 4.75 Å². The fraction of sp³-hybridized carbons (Fsp3) is 0.600. The maximum absolute atomic E-state index is 12.6. The van der Waals surface area contributed by atoms with E-state index in [1.54, 1.807) is 6.07 Å². The molecule has 1 unspecified atom stereocenters. The summed E-state index contributed by atoms with van der Waals surface area (Å²) in [6.45, 7) is 5.13. The van der Waals surface area contributed by atoms with E-state index in [2.05, 4.69) is 17.0 Å². The van der Waals surface area contributed by atoms with Crippen molar-refractivity contribution in [3.63, 3.8) is 0 Å². The number of sulfonamides is 1. The highest BCUT2D eigenvalue weighted by atomic mass is 32.2. The summed E-state index contributed by atoms with van der Waals surface area (Å²) in [7, 11) is -1.60. The van der Waals surface area contributed by atoms with Crippen LogP contribution in [0.4, 0.5) is 0 Å². The van der Waals surface area contributed by atoms with Gasteiger partial charge in [0.25, 0.3) is 0 Å². The Bertz CT molecular complexity index is 594. The predicted octanol–water partition coefficient (Wildman–Crippen LogP) is 2.28. The van der Waals surface area contributed by atoms with E-state index in [9.17, 15) is 8.42 Å². The molecule has 1 aromatic rings. The average molecular weight is 329 g/mol. The molecule has 0 saturated carbocycles. The number of hydrogen-bond donors (Lipinski definition) is 2. The van der Waals surface area contributed by atoms with Crippen molar-refractivity contribution in [1.29, 1.82) is 0 Å². The number of rotatable bonds is 6. The number of aryl methyl sites for hydroxylation is 1. The maximum Gasteiger partial charge on any atom is 0.240 e. The molecule has 21 heavy (non-hydrogen) atoms. The van der Waals surface area contributed by atoms with Gasteiger partial charge in [-0.25, -0.2) is 13.1 Å². The van der Waals surface area contributed by atoms with Gasteiger partial charge in [0.05, 0.1) is 4.90 Å². The SMILES string of the molecule is CNCc1ccc(C)c(S(=O)(=O)NCC2(C)CCCS2)c1. The van der Waals surface area contributed by atoms with E-state index in [4.69, 9.17) is 0 Å². The third-order valence-corrected chi connectivity index (χ3v) is 6.94. The summed E-state index contributed by atoms with van der Waals surface area (Å²) in [4.78, 5) is 0.391. The summed E-state index contributed by atoms with van der Waals surface area (Å²) < 4.78 is 28.0. The lowest BCUT2D eigenvalue weighted by molar-refractivity contribution is 0.552. The highest BCUT2D eigenvalue weighted by molar-refractivity contribution is 8.01. The molecule has 1 heterocycles. The van der Waals surface area contributed by atoms with Crippen LogP contribution in [0.15, 0.2) is 23.1 Å². The standard InChI is InChI=1S/C15H24N2O2S2/c1-12-5-6-13(10-16-3)9-14(12)21(18,19)17-11-15(2)7-4-8-20-15/h5-6,9,16-17H,4,7-8,10-11H2,1-3H3. The van der Waals surface area contributed by atoms with Gasteiger partial charge < -0.3 is 5.32 Å². The molecule has 1 saturated heterocycles. The minimum Gasteiger partial charge on any atom is -0.316 e. The molecule has 1 aliphatic heterocycles. The Balaban J connectivity index is 2.16. The Morgan fingerprint density at radius 1 is 1.38 bits per heavy atom. The van der Waals surface area contributed by atoms with Gasteiger partial charge in [0, 0.05) is 17.8 Å². The van der Waals surface area contributed by atoms with E-state index in [1.807, 2.05) is 37.9 Å². The van der Waals surface area contributed by atoms with Crippen molar-refractivity contribution in [2.24, 2.45) is 0 Å². The summed E-state index contributed by atoms with van der Waals surface area (Å²) in [5, 5.41) is 3.05. The van der Waals surface area contributed by atoms with Crippen molar-refractivity contribution in [2.45, 2.75) is 42.9 Å². The minimum absolute atomic E-state index is 0.0313. The lowest BCUT2D eigenvalue weighted by atomic mass is 10.1. The molecule has 2 N–H and O–H groups in total. The molecule has 0 radical (unpaired) electrons. The van der Waals surface area contributed by atoms with E-state index in [0.717, 1.165) is 23.3 Å². The van der Waals surface area contributed by atoms with E-state index >= 15 is 0 Å². The van der Waals surface area contributed by atoms with Crippen LogP contribution in [-0.4, -0.2) is 32.5 Å². The number of hydrogen-bond acceptors (Lipinski definition) is 4. The lowest BCUT2D eigenvalue weighted by Crippen LogP contribution is -2.37. The molecule has 0 aliphatic carbocycles. The summed E-state index contributed by atoms with van der Waals surface area (Å²) in [5.41, 5.74) is 1.76. The van der Waals surface area contributed by atoms with Crippen molar-refractivity contribution in [1.82, 2.24) is 10.0 Å². The highest BCUT2D eigenvalue weighted by Crippen LogP contribution is 2.37. The van der Waals surface area contributed by atoms with Gasteiger partial charge >= 0.3 is 0 Å². The molecule has 2 rings (SSSR count). The van der Waals surface area contributed by atoms with Crippen LogP contribution in [0, 0.1) is 6.92 Å². The zero-order chi connectivity index (χ0) is 15.5. The molecule has 4 nitrogen and oxygen atoms in total. The van der Waals surface area contributed by atoms with Crippen LogP contribution in [0.1, 0.15) is 30.9 Å². The Morgan fingerprint density at radius 2 is 2.14 bits per heavy atom. The van der Waals surface area contributed by atoms with Gasteiger partial charge in [-0.3, -0.25) is 0 Å². The Morgan fingerprint density at radius 3 is 2.76 bits per heavy atom. The number of benzene rings is 1. The molecule has 1 aliphatic rings. The summed E-state index contributed by atoms with van der Waals surface area (Å²) in [6.07, 6.45) is 2.23. The number of thioether (sulfide) groups is 1. The van der Waals surface area contributed by atoms with Gasteiger partial charge in [0.2, 0.25) is 10.0 Å². The topological polar surface area (TPSA) is 58.2 Å². The minimum atomic E-state index is -3.45. The fourth-order valence-electron chi connectivity index (χ4n) is 2.55. The van der Waals surface area contributed by atoms with Crippen molar-refractivity contribution >= 4 is 21.8 Å². The van der Waals surface area contributed by atoms with Crippen LogP contribution in [-0.2, 0) is 16.6 Å². The van der Waals surface area contributed by atoms with E-state index in [1.165, 1.54) is 6.42 Å². The first-order valence-electron chi connectivity index (χ1n) is 7.24. The average Bonchev–Trinajstić information content (AvgIpc) is 2.87. The van der Waals surface area contributed by atoms with Crippen LogP contribution in [0.2, 0.25) is 0 Å². The highest BCUT2D eigenvalue weighted by Gasteiger charge is 2.31. The second kappa shape index (κ2) is 6.69. The molecular formula is C15H24N2O2S2. The Labute approximate surface area is 132 Å². The normalized spacial score (nSPS) is 22.6. The van der Waals surface area contributed by atoms with Crippen molar-refractivity contribution < 1.29 is 8.42 Å². The molecule has 0 aromatic heterocycles. The summed E-state index contributed by atoms with van der Waals surface area (Å²) in [6, 6.07) is 5.59. The first kappa shape index (κ1) is 16.8. The van der Waals surface area contributed by atoms with Crippen LogP contribution < -0.4 is 10.0 Å². The van der Waals surface area contributed by atoms with E-state index < -0.39 is 10.0 Å². The molecule has 0 bridgehead atoms. The molecule has 1 fully saturated rings. The molecule has 0 spiro atoms. The van der Waals surface area contributed by atoms with Crippen molar-refractivity contribution in [3.05, 3.63) is 29.3 Å². The Hall–Kier alpha value is -0.560. The second-order valence-corrected chi connectivity index (χ2v) is 9.27. The molecule has 1 aromatic carbocycles. The fourth-order valence-corrected chi connectivity index (χ4v) is 5.35. The quantitative estimate of drug-likeness (QED) is 0.841. The van der Waals surface area contributed by atoms with Gasteiger partial charge in [-0.15, -0.1) is 0 Å².